The number of nitrogens with one attached hydrogen (secondary N) is 1. The molecule has 3 rings (SSSR count). The molecule has 1 aliphatic heterocycles. The first-order valence-electron chi connectivity index (χ1n) is 6.80. The molecule has 1 fully saturated rings. The predicted octanol–water partition coefficient (Wildman–Crippen LogP) is 0.405. The second-order valence-electron chi connectivity index (χ2n) is 5.13. The number of nitrogens with zero attached hydrogens (tertiary/aromatic N) is 3. The highest BCUT2D eigenvalue weighted by atomic mass is 16.4. The van der Waals surface area contributed by atoms with Crippen molar-refractivity contribution in [2.45, 2.75) is 0 Å². The molecule has 1 amide bonds. The number of H-pyrrole nitrogens is 1. The maximum atomic E-state index is 12.5. The third-order valence-corrected chi connectivity index (χ3v) is 3.71. The number of carbonyl (C=O) groups excluding carboxylic acids is 1. The van der Waals surface area contributed by atoms with Gasteiger partial charge in [0.1, 0.15) is 0 Å². The molecule has 2 heterocycles. The van der Waals surface area contributed by atoms with E-state index < -0.39 is 5.97 Å². The van der Waals surface area contributed by atoms with Gasteiger partial charge in [0.05, 0.1) is 18.3 Å². The first-order valence-corrected chi connectivity index (χ1v) is 6.80. The van der Waals surface area contributed by atoms with E-state index in [-0.39, 0.29) is 12.5 Å². The lowest BCUT2D eigenvalue weighted by atomic mass is 10.1. The van der Waals surface area contributed by atoms with Crippen LogP contribution in [0.25, 0.3) is 10.9 Å². The molecule has 0 spiro atoms. The summed E-state index contributed by atoms with van der Waals surface area (Å²) in [6, 6.07) is 5.45. The van der Waals surface area contributed by atoms with E-state index in [0.29, 0.717) is 31.7 Å². The van der Waals surface area contributed by atoms with Crippen LogP contribution >= 0.6 is 0 Å². The Labute approximate surface area is 121 Å². The summed E-state index contributed by atoms with van der Waals surface area (Å²) in [5.41, 5.74) is 1.54. The Kier molecular flexibility index (Phi) is 3.57. The SMILES string of the molecule is O=C(O)CN1CCN(C(=O)c2ccc3[nH]ncc3c2)CC1. The molecule has 1 saturated heterocycles. The molecule has 1 aliphatic rings. The number of aliphatic carboxylic acids is 1. The van der Waals surface area contributed by atoms with Crippen molar-refractivity contribution in [2.24, 2.45) is 0 Å². The molecule has 1 aromatic carbocycles. The zero-order chi connectivity index (χ0) is 14.8. The first kappa shape index (κ1) is 13.6. The molecule has 7 heteroatoms. The Morgan fingerprint density at radius 1 is 1.24 bits per heavy atom. The Hall–Kier alpha value is -2.41. The van der Waals surface area contributed by atoms with Crippen molar-refractivity contribution in [1.82, 2.24) is 20.0 Å². The Bertz CT molecular complexity index is 674. The fourth-order valence-corrected chi connectivity index (χ4v) is 2.56. The fourth-order valence-electron chi connectivity index (χ4n) is 2.56. The molecule has 110 valence electrons. The number of carboxylic acid groups (broad SMARTS) is 1. The summed E-state index contributed by atoms with van der Waals surface area (Å²) >= 11 is 0. The molecule has 21 heavy (non-hydrogen) atoms. The summed E-state index contributed by atoms with van der Waals surface area (Å²) in [7, 11) is 0. The van der Waals surface area contributed by atoms with E-state index in [1.807, 2.05) is 17.0 Å². The minimum absolute atomic E-state index is 0.0203. The lowest BCUT2D eigenvalue weighted by Crippen LogP contribution is -2.49. The van der Waals surface area contributed by atoms with Gasteiger partial charge in [-0.05, 0) is 18.2 Å². The molecule has 0 unspecified atom stereocenters. The number of hydrogen-bond donors (Lipinski definition) is 2. The highest BCUT2D eigenvalue weighted by Gasteiger charge is 2.23. The van der Waals surface area contributed by atoms with E-state index in [9.17, 15) is 9.59 Å². The van der Waals surface area contributed by atoms with Crippen LogP contribution in [0.15, 0.2) is 24.4 Å². The maximum Gasteiger partial charge on any atom is 0.317 e. The minimum atomic E-state index is -0.833. The molecule has 0 aliphatic carbocycles. The Morgan fingerprint density at radius 3 is 2.71 bits per heavy atom. The molecule has 0 atom stereocenters. The summed E-state index contributed by atoms with van der Waals surface area (Å²) in [6.07, 6.45) is 1.69. The lowest BCUT2D eigenvalue weighted by Gasteiger charge is -2.33. The quantitative estimate of drug-likeness (QED) is 0.853. The molecular weight excluding hydrogens is 272 g/mol. The number of aromatic nitrogens is 2. The summed E-state index contributed by atoms with van der Waals surface area (Å²) in [4.78, 5) is 26.7. The number of benzene rings is 1. The smallest absolute Gasteiger partial charge is 0.317 e. The zero-order valence-electron chi connectivity index (χ0n) is 11.5. The van der Waals surface area contributed by atoms with E-state index >= 15 is 0 Å². The van der Waals surface area contributed by atoms with Gasteiger partial charge >= 0.3 is 5.97 Å². The molecular formula is C14H16N4O3. The average Bonchev–Trinajstić information content (AvgIpc) is 2.94. The van der Waals surface area contributed by atoms with Gasteiger partial charge in [-0.15, -0.1) is 0 Å². The van der Waals surface area contributed by atoms with E-state index in [2.05, 4.69) is 10.2 Å². The number of piperazine rings is 1. The fraction of sp³-hybridized carbons (Fsp3) is 0.357. The van der Waals surface area contributed by atoms with Crippen LogP contribution in [0.5, 0.6) is 0 Å². The summed E-state index contributed by atoms with van der Waals surface area (Å²) in [6.45, 7) is 2.31. The Morgan fingerprint density at radius 2 is 2.00 bits per heavy atom. The average molecular weight is 288 g/mol. The maximum absolute atomic E-state index is 12.5. The number of aromatic amines is 1. The largest absolute Gasteiger partial charge is 0.480 e. The van der Waals surface area contributed by atoms with E-state index in [1.54, 1.807) is 17.2 Å². The third kappa shape index (κ3) is 2.87. The first-order chi connectivity index (χ1) is 10.1. The second-order valence-corrected chi connectivity index (χ2v) is 5.13. The number of amides is 1. The number of rotatable bonds is 3. The van der Waals surface area contributed by atoms with Crippen molar-refractivity contribution in [2.75, 3.05) is 32.7 Å². The lowest BCUT2D eigenvalue weighted by molar-refractivity contribution is -0.138. The number of fused-ring (bicyclic) bond motifs is 1. The highest BCUT2D eigenvalue weighted by molar-refractivity contribution is 5.97. The predicted molar refractivity (Wildman–Crippen MR) is 76.1 cm³/mol. The van der Waals surface area contributed by atoms with Gasteiger partial charge in [-0.2, -0.15) is 5.10 Å². The summed E-state index contributed by atoms with van der Waals surface area (Å²) in [5, 5.41) is 16.5. The van der Waals surface area contributed by atoms with E-state index in [4.69, 9.17) is 5.11 Å². The minimum Gasteiger partial charge on any atom is -0.480 e. The molecule has 2 N–H and O–H groups in total. The van der Waals surface area contributed by atoms with Crippen molar-refractivity contribution in [1.29, 1.82) is 0 Å². The summed E-state index contributed by atoms with van der Waals surface area (Å²) in [5.74, 6) is -0.853. The van der Waals surface area contributed by atoms with Crippen LogP contribution in [0, 0.1) is 0 Å². The van der Waals surface area contributed by atoms with Crippen molar-refractivity contribution >= 4 is 22.8 Å². The van der Waals surface area contributed by atoms with E-state index in [0.717, 1.165) is 10.9 Å². The van der Waals surface area contributed by atoms with Crippen molar-refractivity contribution in [3.05, 3.63) is 30.0 Å². The van der Waals surface area contributed by atoms with Gasteiger partial charge in [0.25, 0.3) is 5.91 Å². The molecule has 7 nitrogen and oxygen atoms in total. The number of carbonyl (C=O) groups is 2. The normalized spacial score (nSPS) is 16.3. The highest BCUT2D eigenvalue weighted by Crippen LogP contribution is 2.15. The molecule has 2 aromatic rings. The van der Waals surface area contributed by atoms with Gasteiger partial charge in [-0.25, -0.2) is 0 Å². The Balaban J connectivity index is 1.67. The zero-order valence-corrected chi connectivity index (χ0v) is 11.5. The van der Waals surface area contributed by atoms with Crippen LogP contribution in [0.3, 0.4) is 0 Å². The van der Waals surface area contributed by atoms with Crippen molar-refractivity contribution in [3.8, 4) is 0 Å². The monoisotopic (exact) mass is 288 g/mol. The van der Waals surface area contributed by atoms with Gasteiger partial charge in [-0.3, -0.25) is 19.6 Å². The van der Waals surface area contributed by atoms with Gasteiger partial charge in [0, 0.05) is 37.1 Å². The summed E-state index contributed by atoms with van der Waals surface area (Å²) < 4.78 is 0. The van der Waals surface area contributed by atoms with Crippen LogP contribution < -0.4 is 0 Å². The van der Waals surface area contributed by atoms with Crippen molar-refractivity contribution < 1.29 is 14.7 Å². The molecule has 0 saturated carbocycles. The van der Waals surface area contributed by atoms with Crippen molar-refractivity contribution in [3.63, 3.8) is 0 Å². The van der Waals surface area contributed by atoms with Crippen LogP contribution in [0.4, 0.5) is 0 Å². The van der Waals surface area contributed by atoms with Gasteiger partial charge in [-0.1, -0.05) is 0 Å². The molecule has 0 radical (unpaired) electrons. The van der Waals surface area contributed by atoms with Crippen LogP contribution in [-0.2, 0) is 4.79 Å². The van der Waals surface area contributed by atoms with Gasteiger partial charge in [0.15, 0.2) is 0 Å². The van der Waals surface area contributed by atoms with Crippen LogP contribution in [0.1, 0.15) is 10.4 Å². The molecule has 0 bridgehead atoms. The third-order valence-electron chi connectivity index (χ3n) is 3.71. The van der Waals surface area contributed by atoms with Crippen LogP contribution in [-0.4, -0.2) is 69.7 Å². The van der Waals surface area contributed by atoms with Gasteiger partial charge < -0.3 is 10.0 Å². The van der Waals surface area contributed by atoms with E-state index in [1.165, 1.54) is 0 Å². The topological polar surface area (TPSA) is 89.5 Å². The second kappa shape index (κ2) is 5.53. The number of hydrogen-bond acceptors (Lipinski definition) is 4. The van der Waals surface area contributed by atoms with Crippen LogP contribution in [0.2, 0.25) is 0 Å². The van der Waals surface area contributed by atoms with Gasteiger partial charge in [0.2, 0.25) is 0 Å². The number of carboxylic acids is 1. The standard InChI is InChI=1S/C14H16N4O3/c19-13(20)9-17-3-5-18(6-4-17)14(21)10-1-2-12-11(7-10)8-15-16-12/h1-2,7-8H,3-6,9H2,(H,15,16)(H,19,20). The molecule has 1 aromatic heterocycles.